The summed E-state index contributed by atoms with van der Waals surface area (Å²) >= 11 is 5.61. The van der Waals surface area contributed by atoms with Gasteiger partial charge in [0.2, 0.25) is 5.91 Å². The van der Waals surface area contributed by atoms with E-state index in [4.69, 9.17) is 17.3 Å². The van der Waals surface area contributed by atoms with Gasteiger partial charge in [-0.1, -0.05) is 25.4 Å². The number of nitrogens with zero attached hydrogens (tertiary/aromatic N) is 4. The number of hydrogen-bond acceptors (Lipinski definition) is 6. The molecule has 0 unspecified atom stereocenters. The van der Waals surface area contributed by atoms with E-state index >= 15 is 0 Å². The summed E-state index contributed by atoms with van der Waals surface area (Å²) < 4.78 is 40.9. The van der Waals surface area contributed by atoms with Crippen molar-refractivity contribution in [3.05, 3.63) is 65.7 Å². The lowest BCUT2D eigenvalue weighted by Crippen LogP contribution is -2.36. The van der Waals surface area contributed by atoms with E-state index in [0.29, 0.717) is 29.0 Å². The number of carbonyl (C=O) groups excluding carboxylic acids is 2. The van der Waals surface area contributed by atoms with Crippen LogP contribution < -0.4 is 21.7 Å². The van der Waals surface area contributed by atoms with Crippen molar-refractivity contribution in [2.45, 2.75) is 32.5 Å². The Kier molecular flexibility index (Phi) is 8.02. The first-order valence-electron chi connectivity index (χ1n) is 11.7. The number of nitrogens with two attached hydrogens (primary N) is 1. The van der Waals surface area contributed by atoms with E-state index in [1.165, 1.54) is 18.7 Å². The minimum Gasteiger partial charge on any atom is -0.320 e. The molecular formula is C25H24ClF3N8O2. The van der Waals surface area contributed by atoms with E-state index in [2.05, 4.69) is 30.9 Å². The maximum atomic E-state index is 13.1. The smallest absolute Gasteiger partial charge is 0.320 e. The number of urea groups is 1. The van der Waals surface area contributed by atoms with Crippen LogP contribution in [0.5, 0.6) is 0 Å². The SMILES string of the molecule is CC(C)C[C@H](N)C(=O)Nc1ncnc2c1ncn2-c1ccc(NC(=O)Nc2ccc(Cl)c(C(F)(F)F)c2)cc1. The zero-order chi connectivity index (χ0) is 28.3. The van der Waals surface area contributed by atoms with Gasteiger partial charge in [-0.25, -0.2) is 19.7 Å². The summed E-state index contributed by atoms with van der Waals surface area (Å²) in [6, 6.07) is 8.20. The van der Waals surface area contributed by atoms with Gasteiger partial charge in [-0.05, 0) is 54.8 Å². The maximum absolute atomic E-state index is 13.1. The molecule has 4 rings (SSSR count). The predicted octanol–water partition coefficient (Wildman–Crippen LogP) is 5.44. The van der Waals surface area contributed by atoms with E-state index in [0.717, 1.165) is 12.1 Å². The molecule has 2 aromatic carbocycles. The molecule has 3 amide bonds. The van der Waals surface area contributed by atoms with Crippen molar-refractivity contribution in [2.24, 2.45) is 11.7 Å². The number of halogens is 4. The largest absolute Gasteiger partial charge is 0.417 e. The average Bonchev–Trinajstić information content (AvgIpc) is 3.30. The number of imidazole rings is 1. The molecule has 0 saturated heterocycles. The molecule has 14 heteroatoms. The third-order valence-corrected chi connectivity index (χ3v) is 5.90. The first kappa shape index (κ1) is 27.8. The van der Waals surface area contributed by atoms with E-state index < -0.39 is 28.8 Å². The van der Waals surface area contributed by atoms with Crippen LogP contribution in [0.3, 0.4) is 0 Å². The Bertz CT molecular complexity index is 1510. The van der Waals surface area contributed by atoms with Crippen LogP contribution in [0.4, 0.5) is 35.2 Å². The van der Waals surface area contributed by atoms with Gasteiger partial charge < -0.3 is 21.7 Å². The van der Waals surface area contributed by atoms with Gasteiger partial charge in [-0.15, -0.1) is 0 Å². The molecule has 0 aliphatic rings. The second-order valence-corrected chi connectivity index (χ2v) is 9.46. The molecule has 5 N–H and O–H groups in total. The standard InChI is InChI=1S/C25H24ClF3N8O2/c1-13(2)9-19(30)23(38)36-21-20-22(32-11-31-21)37(12-33-20)16-6-3-14(4-7-16)34-24(39)35-15-5-8-18(26)17(10-15)25(27,28)29/h3-8,10-13,19H,9,30H2,1-2H3,(H2,34,35,39)(H,31,32,36,38)/t19-/m0/s1. The second-order valence-electron chi connectivity index (χ2n) is 9.05. The molecule has 2 heterocycles. The molecule has 0 fully saturated rings. The normalized spacial score (nSPS) is 12.4. The van der Waals surface area contributed by atoms with Crippen molar-refractivity contribution in [3.8, 4) is 5.69 Å². The summed E-state index contributed by atoms with van der Waals surface area (Å²) in [6.45, 7) is 3.94. The number of alkyl halides is 3. The first-order chi connectivity index (χ1) is 18.4. The van der Waals surface area contributed by atoms with E-state index in [1.807, 2.05) is 13.8 Å². The van der Waals surface area contributed by atoms with Crippen molar-refractivity contribution >= 4 is 51.9 Å². The summed E-state index contributed by atoms with van der Waals surface area (Å²) in [4.78, 5) is 37.5. The molecule has 0 aliphatic heterocycles. The number of benzene rings is 2. The van der Waals surface area contributed by atoms with Gasteiger partial charge in [-0.2, -0.15) is 13.2 Å². The molecule has 1 atom stereocenters. The number of fused-ring (bicyclic) bond motifs is 1. The van der Waals surface area contributed by atoms with Gasteiger partial charge in [0.15, 0.2) is 17.0 Å². The zero-order valence-electron chi connectivity index (χ0n) is 20.8. The van der Waals surface area contributed by atoms with Gasteiger partial charge in [0.25, 0.3) is 0 Å². The highest BCUT2D eigenvalue weighted by molar-refractivity contribution is 6.31. The van der Waals surface area contributed by atoms with Gasteiger partial charge in [0, 0.05) is 17.1 Å². The Balaban J connectivity index is 1.46. The van der Waals surface area contributed by atoms with Gasteiger partial charge in [0.1, 0.15) is 12.7 Å². The van der Waals surface area contributed by atoms with Crippen LogP contribution >= 0.6 is 11.6 Å². The van der Waals surface area contributed by atoms with Crippen LogP contribution in [0, 0.1) is 5.92 Å². The molecule has 0 radical (unpaired) electrons. The molecular weight excluding hydrogens is 537 g/mol. The number of nitrogens with one attached hydrogen (secondary N) is 3. The number of aromatic nitrogens is 4. The Hall–Kier alpha value is -4.23. The lowest BCUT2D eigenvalue weighted by atomic mass is 10.0. The molecule has 10 nitrogen and oxygen atoms in total. The summed E-state index contributed by atoms with van der Waals surface area (Å²) in [5.74, 6) is 0.104. The lowest BCUT2D eigenvalue weighted by molar-refractivity contribution is -0.137. The van der Waals surface area contributed by atoms with Gasteiger partial charge in [0.05, 0.1) is 16.6 Å². The summed E-state index contributed by atoms with van der Waals surface area (Å²) in [7, 11) is 0. The second kappa shape index (κ2) is 11.3. The predicted molar refractivity (Wildman–Crippen MR) is 142 cm³/mol. The molecule has 4 aromatic rings. The van der Waals surface area contributed by atoms with Crippen LogP contribution in [0.1, 0.15) is 25.8 Å². The number of amides is 3. The van der Waals surface area contributed by atoms with E-state index in [-0.39, 0.29) is 23.3 Å². The van der Waals surface area contributed by atoms with Crippen molar-refractivity contribution in [1.82, 2.24) is 19.5 Å². The molecule has 204 valence electrons. The Morgan fingerprint density at radius 2 is 1.67 bits per heavy atom. The monoisotopic (exact) mass is 560 g/mol. The number of anilines is 3. The van der Waals surface area contributed by atoms with E-state index in [9.17, 15) is 22.8 Å². The molecule has 0 saturated carbocycles. The maximum Gasteiger partial charge on any atom is 0.417 e. The Morgan fingerprint density at radius 3 is 2.33 bits per heavy atom. The molecule has 2 aromatic heterocycles. The third-order valence-electron chi connectivity index (χ3n) is 5.57. The zero-order valence-corrected chi connectivity index (χ0v) is 21.5. The summed E-state index contributed by atoms with van der Waals surface area (Å²) in [5.41, 5.74) is 6.66. The fourth-order valence-electron chi connectivity index (χ4n) is 3.76. The Morgan fingerprint density at radius 1 is 1.00 bits per heavy atom. The summed E-state index contributed by atoms with van der Waals surface area (Å²) in [5, 5.41) is 7.14. The minimum absolute atomic E-state index is 0.0709. The topological polar surface area (TPSA) is 140 Å². The lowest BCUT2D eigenvalue weighted by Gasteiger charge is -2.13. The molecule has 39 heavy (non-hydrogen) atoms. The van der Waals surface area contributed by atoms with Crippen LogP contribution in [-0.2, 0) is 11.0 Å². The van der Waals surface area contributed by atoms with Crippen molar-refractivity contribution in [2.75, 3.05) is 16.0 Å². The minimum atomic E-state index is -4.66. The van der Waals surface area contributed by atoms with E-state index in [1.54, 1.807) is 28.8 Å². The average molecular weight is 561 g/mol. The highest BCUT2D eigenvalue weighted by atomic mass is 35.5. The highest BCUT2D eigenvalue weighted by Gasteiger charge is 2.33. The van der Waals surface area contributed by atoms with Crippen molar-refractivity contribution < 1.29 is 22.8 Å². The van der Waals surface area contributed by atoms with Crippen LogP contribution in [-0.4, -0.2) is 37.5 Å². The van der Waals surface area contributed by atoms with Gasteiger partial charge in [-0.3, -0.25) is 9.36 Å². The molecule has 0 aliphatic carbocycles. The number of hydrogen-bond donors (Lipinski definition) is 4. The van der Waals surface area contributed by atoms with Crippen molar-refractivity contribution in [3.63, 3.8) is 0 Å². The first-order valence-corrected chi connectivity index (χ1v) is 12.1. The highest BCUT2D eigenvalue weighted by Crippen LogP contribution is 2.36. The summed E-state index contributed by atoms with van der Waals surface area (Å²) in [6.07, 6.45) is -1.33. The van der Waals surface area contributed by atoms with Crippen LogP contribution in [0.25, 0.3) is 16.9 Å². The van der Waals surface area contributed by atoms with Crippen molar-refractivity contribution in [1.29, 1.82) is 0 Å². The fraction of sp³-hybridized carbons (Fsp3) is 0.240. The third kappa shape index (κ3) is 6.62. The molecule has 0 bridgehead atoms. The number of rotatable bonds is 7. The Labute approximate surface area is 225 Å². The number of carbonyl (C=O) groups is 2. The van der Waals surface area contributed by atoms with Crippen LogP contribution in [0.2, 0.25) is 5.02 Å². The molecule has 0 spiro atoms. The fourth-order valence-corrected chi connectivity index (χ4v) is 3.98. The van der Waals surface area contributed by atoms with Crippen LogP contribution in [0.15, 0.2) is 55.1 Å². The quantitative estimate of drug-likeness (QED) is 0.237. The van der Waals surface area contributed by atoms with Gasteiger partial charge >= 0.3 is 12.2 Å².